The highest BCUT2D eigenvalue weighted by Crippen LogP contribution is 2.52. The third-order valence-electron chi connectivity index (χ3n) is 2.49. The summed E-state index contributed by atoms with van der Waals surface area (Å²) < 4.78 is 11.8. The number of rotatable bonds is 10. The van der Waals surface area contributed by atoms with Gasteiger partial charge in [-0.05, 0) is 18.0 Å². The third kappa shape index (κ3) is 11.0. The fourth-order valence-corrected chi connectivity index (χ4v) is 3.79. The number of carbonyl (C=O) groups excluding carboxylic acids is 1. The molecule has 0 bridgehead atoms. The van der Waals surface area contributed by atoms with E-state index < -0.39 is 11.7 Å². The average Bonchev–Trinajstić information content (AvgIpc) is 2.21. The molecule has 0 aliphatic rings. The van der Waals surface area contributed by atoms with E-state index in [2.05, 4.69) is 6.92 Å². The lowest BCUT2D eigenvalue weighted by molar-refractivity contribution is -0.111. The van der Waals surface area contributed by atoms with E-state index in [1.165, 1.54) is 25.7 Å². The Kier molecular flexibility index (Phi) is 9.79. The number of halogens is 2. The molecule has 0 radical (unpaired) electrons. The molecule has 0 aliphatic heterocycles. The Morgan fingerprint density at radius 3 is 2.19 bits per heavy atom. The minimum absolute atomic E-state index is 0.123. The summed E-state index contributed by atoms with van der Waals surface area (Å²) in [5, 5.41) is -0.455. The van der Waals surface area contributed by atoms with Crippen LogP contribution in [0.2, 0.25) is 0 Å². The first-order valence-electron chi connectivity index (χ1n) is 5.94. The maximum absolute atomic E-state index is 11.8. The number of hydrogen-bond acceptors (Lipinski definition) is 2. The van der Waals surface area contributed by atoms with Crippen LogP contribution in [0.25, 0.3) is 0 Å². The van der Waals surface area contributed by atoms with Crippen molar-refractivity contribution in [3.8, 4) is 0 Å². The molecular weight excluding hydrogens is 266 g/mol. The Morgan fingerprint density at radius 2 is 1.62 bits per heavy atom. The van der Waals surface area contributed by atoms with Gasteiger partial charge in [0.2, 0.25) is 5.24 Å². The summed E-state index contributed by atoms with van der Waals surface area (Å²) in [6.45, 7) is -0.458. The first-order valence-corrected chi connectivity index (χ1v) is 9.30. The Labute approximate surface area is 108 Å². The number of unbranched alkanes of at least 4 members (excludes halogenated alkanes) is 5. The summed E-state index contributed by atoms with van der Waals surface area (Å²) in [6, 6.07) is 0. The summed E-state index contributed by atoms with van der Waals surface area (Å²) in [6.07, 6.45) is 7.77. The first-order chi connectivity index (χ1) is 7.48. The van der Waals surface area contributed by atoms with Gasteiger partial charge in [0.25, 0.3) is 0 Å². The van der Waals surface area contributed by atoms with Crippen LogP contribution in [0.15, 0.2) is 0 Å². The maximum atomic E-state index is 11.8. The van der Waals surface area contributed by atoms with Crippen molar-refractivity contribution in [3.05, 3.63) is 0 Å². The molecule has 0 spiro atoms. The van der Waals surface area contributed by atoms with Crippen molar-refractivity contribution >= 4 is 34.6 Å². The lowest BCUT2D eigenvalue weighted by Gasteiger charge is -2.08. The Bertz CT molecular complexity index is 244. The van der Waals surface area contributed by atoms with Crippen LogP contribution in [0, 0.1) is 0 Å². The lowest BCUT2D eigenvalue weighted by atomic mass is 10.1. The molecule has 0 heterocycles. The van der Waals surface area contributed by atoms with Gasteiger partial charge < -0.3 is 4.57 Å². The normalized spacial score (nSPS) is 14.7. The Balaban J connectivity index is 3.50. The van der Waals surface area contributed by atoms with Crippen LogP contribution in [0.5, 0.6) is 0 Å². The molecular formula is C11H21Cl2O2P. The Morgan fingerprint density at radius 1 is 1.06 bits per heavy atom. The second-order valence-corrected chi connectivity index (χ2v) is 8.85. The second kappa shape index (κ2) is 9.50. The van der Waals surface area contributed by atoms with E-state index in [4.69, 9.17) is 22.8 Å². The standard InChI is InChI=1S/C11H21Cl2O2P/c1-2-3-4-5-6-7-9-16(13,15)10-8-11(12)14/h2-10H2,1H3. The van der Waals surface area contributed by atoms with Crippen LogP contribution in [-0.2, 0) is 9.36 Å². The van der Waals surface area contributed by atoms with Gasteiger partial charge in [-0.3, -0.25) is 4.79 Å². The highest BCUT2D eigenvalue weighted by molar-refractivity contribution is 7.89. The molecule has 0 aromatic heterocycles. The summed E-state index contributed by atoms with van der Waals surface area (Å²) >= 11 is 11.0. The molecule has 1 atom stereocenters. The van der Waals surface area contributed by atoms with E-state index in [1.54, 1.807) is 0 Å². The average molecular weight is 287 g/mol. The first kappa shape index (κ1) is 16.5. The molecule has 5 heteroatoms. The van der Waals surface area contributed by atoms with Gasteiger partial charge in [-0.1, -0.05) is 50.3 Å². The molecule has 2 nitrogen and oxygen atoms in total. The fourth-order valence-electron chi connectivity index (χ4n) is 1.49. The largest absolute Gasteiger partial charge is 0.307 e. The molecule has 0 amide bonds. The van der Waals surface area contributed by atoms with Crippen LogP contribution in [-0.4, -0.2) is 17.6 Å². The molecule has 0 aromatic rings. The van der Waals surface area contributed by atoms with Gasteiger partial charge >= 0.3 is 0 Å². The van der Waals surface area contributed by atoms with E-state index in [9.17, 15) is 9.36 Å². The quantitative estimate of drug-likeness (QED) is 0.321. The van der Waals surface area contributed by atoms with E-state index >= 15 is 0 Å². The zero-order chi connectivity index (χ0) is 12.4. The molecule has 0 N–H and O–H groups in total. The minimum atomic E-state index is -2.64. The van der Waals surface area contributed by atoms with Crippen LogP contribution in [0.1, 0.15) is 51.9 Å². The van der Waals surface area contributed by atoms with Crippen molar-refractivity contribution in [3.63, 3.8) is 0 Å². The lowest BCUT2D eigenvalue weighted by Crippen LogP contribution is -1.95. The van der Waals surface area contributed by atoms with Crippen molar-refractivity contribution in [1.29, 1.82) is 0 Å². The maximum Gasteiger partial charge on any atom is 0.222 e. The molecule has 0 rings (SSSR count). The van der Waals surface area contributed by atoms with Crippen molar-refractivity contribution in [1.82, 2.24) is 0 Å². The minimum Gasteiger partial charge on any atom is -0.307 e. The van der Waals surface area contributed by atoms with E-state index in [0.717, 1.165) is 12.8 Å². The highest BCUT2D eigenvalue weighted by Gasteiger charge is 2.18. The van der Waals surface area contributed by atoms with Gasteiger partial charge in [0.1, 0.15) is 0 Å². The number of hydrogen-bond donors (Lipinski definition) is 0. The van der Waals surface area contributed by atoms with Crippen molar-refractivity contribution in [2.45, 2.75) is 51.9 Å². The molecule has 0 fully saturated rings. The van der Waals surface area contributed by atoms with Gasteiger partial charge in [0.05, 0.1) is 0 Å². The zero-order valence-corrected chi connectivity index (χ0v) is 12.3. The highest BCUT2D eigenvalue weighted by atomic mass is 35.7. The topological polar surface area (TPSA) is 34.1 Å². The third-order valence-corrected chi connectivity index (χ3v) is 5.57. The molecule has 0 aromatic carbocycles. The number of carbonyl (C=O) groups is 1. The van der Waals surface area contributed by atoms with E-state index in [-0.39, 0.29) is 12.6 Å². The smallest absolute Gasteiger partial charge is 0.222 e. The molecule has 16 heavy (non-hydrogen) atoms. The van der Waals surface area contributed by atoms with Gasteiger partial charge in [0, 0.05) is 18.7 Å². The summed E-state index contributed by atoms with van der Waals surface area (Å²) in [5.41, 5.74) is 0. The molecule has 0 saturated carbocycles. The van der Waals surface area contributed by atoms with Crippen LogP contribution in [0.3, 0.4) is 0 Å². The summed E-state index contributed by atoms with van der Waals surface area (Å²) in [4.78, 5) is 10.5. The van der Waals surface area contributed by atoms with Crippen molar-refractivity contribution in [2.24, 2.45) is 0 Å². The molecule has 96 valence electrons. The predicted molar refractivity (Wildman–Crippen MR) is 72.0 cm³/mol. The molecule has 0 saturated heterocycles. The predicted octanol–water partition coefficient (Wildman–Crippen LogP) is 5.02. The van der Waals surface area contributed by atoms with Crippen molar-refractivity contribution < 1.29 is 9.36 Å². The summed E-state index contributed by atoms with van der Waals surface area (Å²) in [7, 11) is 0. The monoisotopic (exact) mass is 286 g/mol. The van der Waals surface area contributed by atoms with Crippen LogP contribution >= 0.6 is 29.3 Å². The zero-order valence-electron chi connectivity index (χ0n) is 9.88. The molecule has 0 aliphatic carbocycles. The van der Waals surface area contributed by atoms with Gasteiger partial charge in [-0.15, -0.1) is 0 Å². The Hall–Kier alpha value is 0.480. The van der Waals surface area contributed by atoms with Gasteiger partial charge in [-0.2, -0.15) is 0 Å². The van der Waals surface area contributed by atoms with Gasteiger partial charge in [0.15, 0.2) is 6.49 Å². The van der Waals surface area contributed by atoms with Gasteiger partial charge in [-0.25, -0.2) is 0 Å². The van der Waals surface area contributed by atoms with E-state index in [1.807, 2.05) is 0 Å². The SMILES string of the molecule is CCCCCCCCP(=O)(Cl)CCC(=O)Cl. The van der Waals surface area contributed by atoms with Crippen molar-refractivity contribution in [2.75, 3.05) is 12.3 Å². The van der Waals surface area contributed by atoms with Crippen LogP contribution in [0.4, 0.5) is 0 Å². The second-order valence-electron chi connectivity index (χ2n) is 4.11. The fraction of sp³-hybridized carbons (Fsp3) is 0.909. The van der Waals surface area contributed by atoms with Crippen LogP contribution < -0.4 is 0 Å². The molecule has 1 unspecified atom stereocenters. The summed E-state index contributed by atoms with van der Waals surface area (Å²) in [5.74, 6) is 0. The van der Waals surface area contributed by atoms with E-state index in [0.29, 0.717) is 6.16 Å².